The number of aromatic nitrogens is 2. The van der Waals surface area contributed by atoms with Gasteiger partial charge in [-0.2, -0.15) is 0 Å². The van der Waals surface area contributed by atoms with E-state index in [-0.39, 0.29) is 5.75 Å². The third kappa shape index (κ3) is 2.52. The highest BCUT2D eigenvalue weighted by atomic mass is 19.1. The smallest absolute Gasteiger partial charge is 0.167 e. The second kappa shape index (κ2) is 5.47. The Kier molecular flexibility index (Phi) is 3.66. The Balaban J connectivity index is 2.13. The Hall–Kier alpha value is -1.91. The minimum atomic E-state index is -0.394. The zero-order valence-electron chi connectivity index (χ0n) is 12.6. The molecule has 2 atom stereocenters. The van der Waals surface area contributed by atoms with E-state index < -0.39 is 5.82 Å². The molecule has 1 saturated heterocycles. The van der Waals surface area contributed by atoms with E-state index in [9.17, 15) is 4.39 Å². The van der Waals surface area contributed by atoms with Gasteiger partial charge in [0, 0.05) is 24.0 Å². The van der Waals surface area contributed by atoms with Gasteiger partial charge < -0.3 is 9.64 Å². The van der Waals surface area contributed by atoms with Crippen LogP contribution in [0, 0.1) is 11.7 Å². The number of benzene rings is 1. The van der Waals surface area contributed by atoms with Crippen molar-refractivity contribution < 1.29 is 9.13 Å². The van der Waals surface area contributed by atoms with Gasteiger partial charge in [0.2, 0.25) is 0 Å². The molecule has 0 spiro atoms. The molecule has 1 aliphatic heterocycles. The summed E-state index contributed by atoms with van der Waals surface area (Å²) in [5.41, 5.74) is 0.615. The van der Waals surface area contributed by atoms with Crippen molar-refractivity contribution in [3.05, 3.63) is 24.3 Å². The van der Waals surface area contributed by atoms with E-state index in [0.29, 0.717) is 17.5 Å². The normalized spacial score (nSPS) is 22.6. The van der Waals surface area contributed by atoms with E-state index in [4.69, 9.17) is 4.74 Å². The molecule has 5 heteroatoms. The van der Waals surface area contributed by atoms with Crippen LogP contribution in [0.4, 0.5) is 10.2 Å². The maximum absolute atomic E-state index is 13.8. The molecule has 1 aromatic heterocycles. The van der Waals surface area contributed by atoms with Crippen molar-refractivity contribution in [2.75, 3.05) is 18.6 Å². The molecule has 0 saturated carbocycles. The molecule has 3 rings (SSSR count). The number of methoxy groups -OCH3 is 1. The van der Waals surface area contributed by atoms with Crippen LogP contribution in [0.5, 0.6) is 5.75 Å². The molecular formula is C16H20FN3O. The number of anilines is 1. The maximum Gasteiger partial charge on any atom is 0.167 e. The van der Waals surface area contributed by atoms with Gasteiger partial charge in [-0.15, -0.1) is 0 Å². The molecule has 1 aromatic carbocycles. The fourth-order valence-corrected chi connectivity index (χ4v) is 3.01. The molecule has 2 aromatic rings. The lowest BCUT2D eigenvalue weighted by Gasteiger charge is -2.38. The van der Waals surface area contributed by atoms with E-state index in [1.165, 1.54) is 25.9 Å². The molecule has 0 amide bonds. The number of fused-ring (bicyclic) bond motifs is 1. The van der Waals surface area contributed by atoms with Crippen molar-refractivity contribution in [1.82, 2.24) is 9.97 Å². The van der Waals surface area contributed by atoms with Crippen molar-refractivity contribution >= 4 is 16.7 Å². The van der Waals surface area contributed by atoms with E-state index in [2.05, 4.69) is 28.7 Å². The molecular weight excluding hydrogens is 269 g/mol. The lowest BCUT2D eigenvalue weighted by Crippen LogP contribution is -2.41. The zero-order valence-corrected chi connectivity index (χ0v) is 12.6. The second-order valence-corrected chi connectivity index (χ2v) is 5.89. The van der Waals surface area contributed by atoms with Crippen molar-refractivity contribution in [3.63, 3.8) is 0 Å². The molecule has 2 unspecified atom stereocenters. The Bertz CT molecular complexity index is 661. The van der Waals surface area contributed by atoms with E-state index in [1.54, 1.807) is 6.07 Å². The van der Waals surface area contributed by atoms with Crippen molar-refractivity contribution in [3.8, 4) is 5.75 Å². The molecule has 0 N–H and O–H groups in total. The largest absolute Gasteiger partial charge is 0.494 e. The summed E-state index contributed by atoms with van der Waals surface area (Å²) in [5.74, 6) is 1.34. The van der Waals surface area contributed by atoms with Crippen LogP contribution in [-0.2, 0) is 0 Å². The van der Waals surface area contributed by atoms with Gasteiger partial charge in [-0.25, -0.2) is 14.4 Å². The first-order valence-electron chi connectivity index (χ1n) is 7.35. The Morgan fingerprint density at radius 1 is 1.24 bits per heavy atom. The average molecular weight is 289 g/mol. The maximum atomic E-state index is 13.8. The van der Waals surface area contributed by atoms with Crippen LogP contribution in [0.2, 0.25) is 0 Å². The monoisotopic (exact) mass is 289 g/mol. The highest BCUT2D eigenvalue weighted by Crippen LogP contribution is 2.33. The van der Waals surface area contributed by atoms with Gasteiger partial charge in [0.15, 0.2) is 11.6 Å². The average Bonchev–Trinajstić information content (AvgIpc) is 2.48. The fourth-order valence-electron chi connectivity index (χ4n) is 3.01. The van der Waals surface area contributed by atoms with E-state index in [1.807, 2.05) is 0 Å². The lowest BCUT2D eigenvalue weighted by molar-refractivity contribution is 0.386. The van der Waals surface area contributed by atoms with E-state index in [0.717, 1.165) is 24.2 Å². The number of rotatable bonds is 2. The van der Waals surface area contributed by atoms with Gasteiger partial charge in [0.25, 0.3) is 0 Å². The molecule has 112 valence electrons. The first-order chi connectivity index (χ1) is 10.1. The summed E-state index contributed by atoms with van der Waals surface area (Å²) >= 11 is 0. The van der Waals surface area contributed by atoms with Gasteiger partial charge in [0.1, 0.15) is 12.1 Å². The lowest BCUT2D eigenvalue weighted by atomic mass is 9.95. The molecule has 4 nitrogen and oxygen atoms in total. The number of halogens is 1. The Labute approximate surface area is 124 Å². The molecule has 21 heavy (non-hydrogen) atoms. The number of piperidine rings is 1. The predicted octanol–water partition coefficient (Wildman–Crippen LogP) is 3.40. The molecule has 1 aliphatic rings. The van der Waals surface area contributed by atoms with Gasteiger partial charge >= 0.3 is 0 Å². The Morgan fingerprint density at radius 2 is 2.05 bits per heavy atom. The summed E-state index contributed by atoms with van der Waals surface area (Å²) in [4.78, 5) is 10.9. The number of hydrogen-bond donors (Lipinski definition) is 0. The first-order valence-corrected chi connectivity index (χ1v) is 7.35. The van der Waals surface area contributed by atoms with Gasteiger partial charge in [-0.1, -0.05) is 6.92 Å². The quantitative estimate of drug-likeness (QED) is 0.849. The minimum Gasteiger partial charge on any atom is -0.494 e. The predicted molar refractivity (Wildman–Crippen MR) is 81.3 cm³/mol. The van der Waals surface area contributed by atoms with Crippen LogP contribution in [0.3, 0.4) is 0 Å². The van der Waals surface area contributed by atoms with E-state index >= 15 is 0 Å². The first kappa shape index (κ1) is 14.0. The summed E-state index contributed by atoms with van der Waals surface area (Å²) in [7, 11) is 1.47. The molecule has 0 aliphatic carbocycles. The minimum absolute atomic E-state index is 0.233. The summed E-state index contributed by atoms with van der Waals surface area (Å²) in [6, 6.07) is 3.54. The van der Waals surface area contributed by atoms with Crippen LogP contribution >= 0.6 is 0 Å². The highest BCUT2D eigenvalue weighted by molar-refractivity contribution is 5.90. The molecule has 0 radical (unpaired) electrons. The van der Waals surface area contributed by atoms with Crippen molar-refractivity contribution in [2.24, 2.45) is 5.92 Å². The second-order valence-electron chi connectivity index (χ2n) is 5.89. The number of ether oxygens (including phenoxy) is 1. The van der Waals surface area contributed by atoms with Crippen LogP contribution < -0.4 is 9.64 Å². The number of nitrogens with zero attached hydrogens (tertiary/aromatic N) is 3. The zero-order chi connectivity index (χ0) is 15.0. The van der Waals surface area contributed by atoms with Crippen LogP contribution in [0.15, 0.2) is 18.5 Å². The number of hydrogen-bond acceptors (Lipinski definition) is 4. The highest BCUT2D eigenvalue weighted by Gasteiger charge is 2.25. The SMILES string of the molecule is COc1cc2c(N3CC(C)CCC3C)ncnc2cc1F. The van der Waals surface area contributed by atoms with Crippen LogP contribution in [0.25, 0.3) is 10.9 Å². The third-order valence-electron chi connectivity index (χ3n) is 4.28. The fraction of sp³-hybridized carbons (Fsp3) is 0.500. The molecule has 1 fully saturated rings. The molecule has 0 bridgehead atoms. The van der Waals surface area contributed by atoms with Crippen molar-refractivity contribution in [2.45, 2.75) is 32.7 Å². The van der Waals surface area contributed by atoms with Crippen LogP contribution in [0.1, 0.15) is 26.7 Å². The topological polar surface area (TPSA) is 38.2 Å². The van der Waals surface area contributed by atoms with Gasteiger partial charge in [0.05, 0.1) is 12.6 Å². The summed E-state index contributed by atoms with van der Waals surface area (Å²) in [5, 5.41) is 0.844. The molecule has 2 heterocycles. The summed E-state index contributed by atoms with van der Waals surface area (Å²) in [6.07, 6.45) is 3.89. The Morgan fingerprint density at radius 3 is 2.81 bits per heavy atom. The third-order valence-corrected chi connectivity index (χ3v) is 4.28. The van der Waals surface area contributed by atoms with Gasteiger partial charge in [-0.3, -0.25) is 0 Å². The standard InChI is InChI=1S/C16H20FN3O/c1-10-4-5-11(2)20(8-10)16-12-6-15(21-3)13(17)7-14(12)18-9-19-16/h6-7,9-11H,4-5,8H2,1-3H3. The summed E-state index contributed by atoms with van der Waals surface area (Å²) < 4.78 is 18.9. The van der Waals surface area contributed by atoms with Crippen molar-refractivity contribution in [1.29, 1.82) is 0 Å². The summed E-state index contributed by atoms with van der Waals surface area (Å²) in [6.45, 7) is 5.43. The van der Waals surface area contributed by atoms with Crippen LogP contribution in [-0.4, -0.2) is 29.7 Å². The van der Waals surface area contributed by atoms with Gasteiger partial charge in [-0.05, 0) is 31.7 Å².